The van der Waals surface area contributed by atoms with E-state index >= 15 is 0 Å². The van der Waals surface area contributed by atoms with Crippen molar-refractivity contribution in [3.8, 4) is 11.5 Å². The average molecular weight is 265 g/mol. The van der Waals surface area contributed by atoms with Gasteiger partial charge in [0, 0.05) is 13.5 Å². The number of carboxylic acid groups (broad SMARTS) is 1. The van der Waals surface area contributed by atoms with Crippen molar-refractivity contribution in [2.75, 3.05) is 19.8 Å². The molecule has 19 heavy (non-hydrogen) atoms. The van der Waals surface area contributed by atoms with Gasteiger partial charge in [0.1, 0.15) is 19.8 Å². The van der Waals surface area contributed by atoms with Crippen LogP contribution < -0.4 is 9.47 Å². The van der Waals surface area contributed by atoms with Crippen LogP contribution in [0.15, 0.2) is 18.2 Å². The van der Waals surface area contributed by atoms with Gasteiger partial charge in [-0.1, -0.05) is 6.07 Å². The highest BCUT2D eigenvalue weighted by molar-refractivity contribution is 5.79. The molecule has 1 aromatic rings. The average Bonchev–Trinajstić information content (AvgIpc) is 2.37. The maximum absolute atomic E-state index is 11.4. The summed E-state index contributed by atoms with van der Waals surface area (Å²) >= 11 is 0. The summed E-state index contributed by atoms with van der Waals surface area (Å²) in [5.74, 6) is -0.0183. The van der Waals surface area contributed by atoms with Gasteiger partial charge < -0.3 is 19.5 Å². The number of carboxylic acids is 1. The Morgan fingerprint density at radius 1 is 1.26 bits per heavy atom. The minimum Gasteiger partial charge on any atom is -0.486 e. The number of hydrogen-bond acceptors (Lipinski definition) is 4. The molecule has 0 fully saturated rings. The van der Waals surface area contributed by atoms with Crippen molar-refractivity contribution >= 4 is 11.9 Å². The summed E-state index contributed by atoms with van der Waals surface area (Å²) in [7, 11) is 0. The summed E-state index contributed by atoms with van der Waals surface area (Å²) in [6, 6.07) is 5.33. The predicted molar refractivity (Wildman–Crippen MR) is 66.2 cm³/mol. The molecule has 2 rings (SSSR count). The molecule has 1 N–H and O–H groups in total. The third kappa shape index (κ3) is 3.37. The van der Waals surface area contributed by atoms with Gasteiger partial charge in [0.15, 0.2) is 11.5 Å². The number of carbonyl (C=O) groups excluding carboxylic acids is 1. The van der Waals surface area contributed by atoms with Crippen LogP contribution >= 0.6 is 0 Å². The van der Waals surface area contributed by atoms with Crippen LogP contribution in [0.2, 0.25) is 0 Å². The molecule has 0 unspecified atom stereocenters. The van der Waals surface area contributed by atoms with Crippen molar-refractivity contribution in [2.45, 2.75) is 13.5 Å². The van der Waals surface area contributed by atoms with E-state index in [1.165, 1.54) is 11.8 Å². The highest BCUT2D eigenvalue weighted by Crippen LogP contribution is 2.31. The van der Waals surface area contributed by atoms with Crippen LogP contribution in [0.3, 0.4) is 0 Å². The molecule has 0 aromatic heterocycles. The fourth-order valence-electron chi connectivity index (χ4n) is 1.85. The lowest BCUT2D eigenvalue weighted by Crippen LogP contribution is -2.33. The molecular weight excluding hydrogens is 250 g/mol. The largest absolute Gasteiger partial charge is 0.486 e. The number of carbonyl (C=O) groups is 2. The maximum Gasteiger partial charge on any atom is 0.323 e. The second-order valence-corrected chi connectivity index (χ2v) is 4.25. The second-order valence-electron chi connectivity index (χ2n) is 4.25. The maximum atomic E-state index is 11.4. The molecule has 0 aliphatic carbocycles. The lowest BCUT2D eigenvalue weighted by atomic mass is 10.1. The monoisotopic (exact) mass is 265 g/mol. The molecule has 0 atom stereocenters. The van der Waals surface area contributed by atoms with E-state index in [1.807, 2.05) is 0 Å². The van der Waals surface area contributed by atoms with Crippen molar-refractivity contribution in [1.29, 1.82) is 0 Å². The number of aliphatic carboxylic acids is 1. The van der Waals surface area contributed by atoms with E-state index in [2.05, 4.69) is 0 Å². The molecule has 0 saturated carbocycles. The smallest absolute Gasteiger partial charge is 0.323 e. The lowest BCUT2D eigenvalue weighted by Gasteiger charge is -2.22. The summed E-state index contributed by atoms with van der Waals surface area (Å²) in [5.41, 5.74) is 0.806. The van der Waals surface area contributed by atoms with Crippen molar-refractivity contribution in [1.82, 2.24) is 4.90 Å². The van der Waals surface area contributed by atoms with Crippen LogP contribution in [0.1, 0.15) is 12.5 Å². The number of rotatable bonds is 4. The normalized spacial score (nSPS) is 12.9. The van der Waals surface area contributed by atoms with Gasteiger partial charge in [0.25, 0.3) is 0 Å². The van der Waals surface area contributed by atoms with Gasteiger partial charge in [-0.3, -0.25) is 9.59 Å². The Labute approximate surface area is 110 Å². The molecular formula is C13H15NO5. The van der Waals surface area contributed by atoms with Crippen LogP contribution in [-0.2, 0) is 16.1 Å². The van der Waals surface area contributed by atoms with Gasteiger partial charge in [-0.15, -0.1) is 0 Å². The molecule has 1 amide bonds. The van der Waals surface area contributed by atoms with Crippen molar-refractivity contribution in [3.63, 3.8) is 0 Å². The van der Waals surface area contributed by atoms with Gasteiger partial charge in [0.2, 0.25) is 5.91 Å². The minimum atomic E-state index is -1.03. The Morgan fingerprint density at radius 2 is 1.95 bits per heavy atom. The third-order valence-corrected chi connectivity index (χ3v) is 2.75. The Balaban J connectivity index is 2.12. The fraction of sp³-hybridized carbons (Fsp3) is 0.385. The van der Waals surface area contributed by atoms with E-state index in [0.29, 0.717) is 24.7 Å². The molecule has 6 nitrogen and oxygen atoms in total. The van der Waals surface area contributed by atoms with Crippen LogP contribution in [-0.4, -0.2) is 41.6 Å². The van der Waals surface area contributed by atoms with Crippen LogP contribution in [0.25, 0.3) is 0 Å². The first-order valence-corrected chi connectivity index (χ1v) is 5.92. The van der Waals surface area contributed by atoms with Gasteiger partial charge in [-0.2, -0.15) is 0 Å². The highest BCUT2D eigenvalue weighted by atomic mass is 16.6. The first kappa shape index (κ1) is 13.2. The molecule has 0 saturated heterocycles. The Morgan fingerprint density at radius 3 is 2.58 bits per heavy atom. The second kappa shape index (κ2) is 5.60. The van der Waals surface area contributed by atoms with Gasteiger partial charge in [-0.05, 0) is 17.7 Å². The zero-order chi connectivity index (χ0) is 13.8. The lowest BCUT2D eigenvalue weighted by molar-refractivity contribution is -0.144. The van der Waals surface area contributed by atoms with E-state index in [4.69, 9.17) is 14.6 Å². The van der Waals surface area contributed by atoms with Crippen molar-refractivity contribution < 1.29 is 24.2 Å². The van der Waals surface area contributed by atoms with Gasteiger partial charge in [-0.25, -0.2) is 0 Å². The van der Waals surface area contributed by atoms with Crippen molar-refractivity contribution in [2.24, 2.45) is 0 Å². The molecule has 1 heterocycles. The molecule has 1 aliphatic heterocycles. The molecule has 0 bridgehead atoms. The van der Waals surface area contributed by atoms with E-state index in [-0.39, 0.29) is 19.0 Å². The molecule has 0 radical (unpaired) electrons. The minimum absolute atomic E-state index is 0.234. The Hall–Kier alpha value is -2.24. The van der Waals surface area contributed by atoms with E-state index in [1.54, 1.807) is 18.2 Å². The number of amides is 1. The number of fused-ring (bicyclic) bond motifs is 1. The Kier molecular flexibility index (Phi) is 3.89. The fourth-order valence-corrected chi connectivity index (χ4v) is 1.85. The summed E-state index contributed by atoms with van der Waals surface area (Å²) in [4.78, 5) is 23.3. The standard InChI is InChI=1S/C13H15NO5/c1-9(15)14(8-13(16)17)7-10-2-3-11-12(6-10)19-5-4-18-11/h2-3,6H,4-5,7-8H2,1H3,(H,16,17). The van der Waals surface area contributed by atoms with Gasteiger partial charge in [0.05, 0.1) is 0 Å². The van der Waals surface area contributed by atoms with Gasteiger partial charge >= 0.3 is 5.97 Å². The van der Waals surface area contributed by atoms with Crippen LogP contribution in [0, 0.1) is 0 Å². The summed E-state index contributed by atoms with van der Waals surface area (Å²) in [6.45, 7) is 2.27. The predicted octanol–water partition coefficient (Wildman–Crippen LogP) is 0.891. The summed E-state index contributed by atoms with van der Waals surface area (Å²) in [5, 5.41) is 8.76. The molecule has 0 spiro atoms. The zero-order valence-electron chi connectivity index (χ0n) is 10.6. The molecule has 6 heteroatoms. The SMILES string of the molecule is CC(=O)N(CC(=O)O)Cc1ccc2c(c1)OCCO2. The summed E-state index contributed by atoms with van der Waals surface area (Å²) in [6.07, 6.45) is 0. The molecule has 1 aromatic carbocycles. The van der Waals surface area contributed by atoms with Crippen LogP contribution in [0.5, 0.6) is 11.5 Å². The quantitative estimate of drug-likeness (QED) is 0.875. The first-order chi connectivity index (χ1) is 9.06. The number of benzene rings is 1. The topological polar surface area (TPSA) is 76.1 Å². The van der Waals surface area contributed by atoms with Crippen molar-refractivity contribution in [3.05, 3.63) is 23.8 Å². The Bertz CT molecular complexity index is 500. The highest BCUT2D eigenvalue weighted by Gasteiger charge is 2.16. The summed E-state index contributed by atoms with van der Waals surface area (Å²) < 4.78 is 10.8. The van der Waals surface area contributed by atoms with E-state index < -0.39 is 5.97 Å². The molecule has 1 aliphatic rings. The molecule has 102 valence electrons. The third-order valence-electron chi connectivity index (χ3n) is 2.75. The number of hydrogen-bond donors (Lipinski definition) is 1. The van der Waals surface area contributed by atoms with Crippen LogP contribution in [0.4, 0.5) is 0 Å². The zero-order valence-corrected chi connectivity index (χ0v) is 10.6. The van der Waals surface area contributed by atoms with E-state index in [9.17, 15) is 9.59 Å². The number of ether oxygens (including phenoxy) is 2. The number of nitrogens with zero attached hydrogens (tertiary/aromatic N) is 1. The van der Waals surface area contributed by atoms with E-state index in [0.717, 1.165) is 5.56 Å². The first-order valence-electron chi connectivity index (χ1n) is 5.92.